The molecule has 3 atom stereocenters. The van der Waals surface area contributed by atoms with Gasteiger partial charge in [-0.05, 0) is 25.8 Å². The van der Waals surface area contributed by atoms with Crippen LogP contribution in [0.3, 0.4) is 0 Å². The number of carbonyl (C=O) groups is 1. The molecule has 25 heavy (non-hydrogen) atoms. The quantitative estimate of drug-likeness (QED) is 0.544. The first kappa shape index (κ1) is 18.4. The van der Waals surface area contributed by atoms with Crippen molar-refractivity contribution in [1.82, 2.24) is 9.57 Å². The van der Waals surface area contributed by atoms with Crippen molar-refractivity contribution in [3.8, 4) is 0 Å². The Bertz CT molecular complexity index is 631. The Morgan fingerprint density at radius 3 is 2.48 bits per heavy atom. The van der Waals surface area contributed by atoms with Crippen LogP contribution >= 0.6 is 7.75 Å². The Balaban J connectivity index is 1.54. The van der Waals surface area contributed by atoms with Crippen LogP contribution in [0.25, 0.3) is 0 Å². The molecule has 0 aliphatic carbocycles. The third-order valence-corrected chi connectivity index (χ3v) is 6.79. The first-order valence-electron chi connectivity index (χ1n) is 8.72. The van der Waals surface area contributed by atoms with Gasteiger partial charge in [-0.3, -0.25) is 9.05 Å². The lowest BCUT2D eigenvalue weighted by atomic mass is 10.1. The Kier molecular flexibility index (Phi) is 5.79. The summed E-state index contributed by atoms with van der Waals surface area (Å²) in [6.45, 7) is 5.58. The van der Waals surface area contributed by atoms with Crippen molar-refractivity contribution in [3.63, 3.8) is 0 Å². The number of carbonyl (C=O) groups excluding carboxylic acids is 1. The fourth-order valence-electron chi connectivity index (χ4n) is 3.29. The summed E-state index contributed by atoms with van der Waals surface area (Å²) in [5.41, 5.74) is 0.955. The Hall–Kier alpha value is -1.40. The Labute approximate surface area is 148 Å². The zero-order chi connectivity index (χ0) is 17.9. The molecule has 3 rings (SSSR count). The summed E-state index contributed by atoms with van der Waals surface area (Å²) >= 11 is 0. The molecular weight excluding hydrogens is 343 g/mol. The van der Waals surface area contributed by atoms with Crippen LogP contribution in [0.2, 0.25) is 0 Å². The van der Waals surface area contributed by atoms with Gasteiger partial charge >= 0.3 is 13.8 Å². The van der Waals surface area contributed by atoms with E-state index in [9.17, 15) is 9.36 Å². The number of hydrogen-bond donors (Lipinski definition) is 0. The predicted octanol–water partition coefficient (Wildman–Crippen LogP) is 3.26. The summed E-state index contributed by atoms with van der Waals surface area (Å²) in [5, 5.41) is 0. The number of benzene rings is 1. The van der Waals surface area contributed by atoms with E-state index in [0.29, 0.717) is 26.3 Å². The minimum Gasteiger partial charge on any atom is -0.445 e. The zero-order valence-electron chi connectivity index (χ0n) is 14.7. The van der Waals surface area contributed by atoms with Gasteiger partial charge in [0.05, 0.1) is 19.3 Å². The van der Waals surface area contributed by atoms with Crippen LogP contribution in [0, 0.1) is 0 Å². The fraction of sp³-hybridized carbons (Fsp3) is 0.588. The van der Waals surface area contributed by atoms with Crippen LogP contribution in [0.5, 0.6) is 0 Å². The topological polar surface area (TPSA) is 68.1 Å². The highest BCUT2D eigenvalue weighted by atomic mass is 31.2. The van der Waals surface area contributed by atoms with Crippen molar-refractivity contribution < 1.29 is 23.1 Å². The lowest BCUT2D eigenvalue weighted by molar-refractivity contribution is 0.0924. The molecule has 3 unspecified atom stereocenters. The molecule has 2 aliphatic rings. The van der Waals surface area contributed by atoms with Crippen LogP contribution in [0.15, 0.2) is 30.3 Å². The molecule has 2 aliphatic heterocycles. The van der Waals surface area contributed by atoms with Gasteiger partial charge in [0.25, 0.3) is 0 Å². The number of amides is 1. The van der Waals surface area contributed by atoms with Gasteiger partial charge in [0.1, 0.15) is 6.61 Å². The maximum Gasteiger partial charge on any atom is 0.410 e. The van der Waals surface area contributed by atoms with Crippen molar-refractivity contribution in [3.05, 3.63) is 35.9 Å². The van der Waals surface area contributed by atoms with E-state index in [2.05, 4.69) is 0 Å². The molecule has 0 bridgehead atoms. The van der Waals surface area contributed by atoms with Gasteiger partial charge in [0, 0.05) is 19.1 Å². The summed E-state index contributed by atoms with van der Waals surface area (Å²) in [4.78, 5) is 14.0. The highest BCUT2D eigenvalue weighted by molar-refractivity contribution is 7.51. The van der Waals surface area contributed by atoms with Gasteiger partial charge < -0.3 is 9.64 Å². The predicted molar refractivity (Wildman–Crippen MR) is 93.1 cm³/mol. The summed E-state index contributed by atoms with van der Waals surface area (Å²) in [7, 11) is -3.25. The summed E-state index contributed by atoms with van der Waals surface area (Å²) in [6, 6.07) is 9.76. The molecule has 2 heterocycles. The van der Waals surface area contributed by atoms with Crippen LogP contribution in [0.1, 0.15) is 25.8 Å². The molecule has 2 fully saturated rings. The Morgan fingerprint density at radius 2 is 1.84 bits per heavy atom. The number of ether oxygens (including phenoxy) is 1. The Morgan fingerprint density at radius 1 is 1.16 bits per heavy atom. The number of nitrogens with zero attached hydrogens (tertiary/aromatic N) is 2. The van der Waals surface area contributed by atoms with Gasteiger partial charge in [-0.2, -0.15) is 4.67 Å². The first-order valence-corrected chi connectivity index (χ1v) is 10.2. The SMILES string of the molecule is CCOP(=O)(OCC)N1C2CCN(C(=O)OCc3ccccc3)CC21. The average molecular weight is 368 g/mol. The highest BCUT2D eigenvalue weighted by Gasteiger charge is 2.61. The smallest absolute Gasteiger partial charge is 0.410 e. The lowest BCUT2D eigenvalue weighted by Crippen LogP contribution is -2.39. The van der Waals surface area contributed by atoms with E-state index < -0.39 is 7.75 Å². The second kappa shape index (κ2) is 7.87. The third kappa shape index (κ3) is 4.06. The van der Waals surface area contributed by atoms with Crippen LogP contribution in [-0.4, -0.2) is 54.1 Å². The zero-order valence-corrected chi connectivity index (χ0v) is 15.6. The monoisotopic (exact) mass is 368 g/mol. The molecule has 0 aromatic heterocycles. The van der Waals surface area contributed by atoms with E-state index in [1.807, 2.05) is 30.3 Å². The van der Waals surface area contributed by atoms with E-state index in [1.165, 1.54) is 0 Å². The van der Waals surface area contributed by atoms with Crippen molar-refractivity contribution in [2.24, 2.45) is 0 Å². The number of fused-ring (bicyclic) bond motifs is 1. The molecule has 7 nitrogen and oxygen atoms in total. The fourth-order valence-corrected chi connectivity index (χ4v) is 5.45. The minimum absolute atomic E-state index is 0.0157. The number of likely N-dealkylation sites (tertiary alicyclic amines) is 1. The minimum atomic E-state index is -3.25. The third-order valence-electron chi connectivity index (χ3n) is 4.47. The highest BCUT2D eigenvalue weighted by Crippen LogP contribution is 2.63. The van der Waals surface area contributed by atoms with Crippen molar-refractivity contribution in [1.29, 1.82) is 0 Å². The molecule has 8 heteroatoms. The molecule has 138 valence electrons. The van der Waals surface area contributed by atoms with Crippen LogP contribution in [-0.2, 0) is 25.0 Å². The largest absolute Gasteiger partial charge is 0.445 e. The van der Waals surface area contributed by atoms with Gasteiger partial charge in [-0.1, -0.05) is 30.3 Å². The van der Waals surface area contributed by atoms with E-state index in [0.717, 1.165) is 12.0 Å². The molecule has 1 aromatic carbocycles. The van der Waals surface area contributed by atoms with E-state index >= 15 is 0 Å². The van der Waals surface area contributed by atoms with Crippen molar-refractivity contribution >= 4 is 13.8 Å². The second-order valence-corrected chi connectivity index (χ2v) is 8.01. The standard InChI is InChI=1S/C17H25N2O5P/c1-3-23-25(21,24-4-2)19-15-10-11-18(12-16(15)19)17(20)22-13-14-8-6-5-7-9-14/h5-9,15-16H,3-4,10-13H2,1-2H3. The number of rotatable bonds is 7. The average Bonchev–Trinajstić information content (AvgIpc) is 3.35. The molecule has 0 N–H and O–H groups in total. The summed E-state index contributed by atoms with van der Waals surface area (Å²) in [5.74, 6) is 0. The molecule has 0 saturated carbocycles. The molecule has 0 radical (unpaired) electrons. The maximum atomic E-state index is 12.9. The van der Waals surface area contributed by atoms with Crippen molar-refractivity contribution in [2.75, 3.05) is 26.3 Å². The maximum absolute atomic E-state index is 12.9. The summed E-state index contributed by atoms with van der Waals surface area (Å²) < 4.78 is 30.9. The normalized spacial score (nSPS) is 25.4. The molecular formula is C17H25N2O5P. The lowest BCUT2D eigenvalue weighted by Gasteiger charge is -2.24. The number of piperidine rings is 1. The molecule has 1 amide bonds. The van der Waals surface area contributed by atoms with E-state index in [1.54, 1.807) is 23.4 Å². The number of hydrogen-bond acceptors (Lipinski definition) is 5. The molecule has 2 saturated heterocycles. The first-order chi connectivity index (χ1) is 12.1. The molecule has 0 spiro atoms. The van der Waals surface area contributed by atoms with Gasteiger partial charge in [-0.15, -0.1) is 0 Å². The van der Waals surface area contributed by atoms with Crippen LogP contribution < -0.4 is 0 Å². The van der Waals surface area contributed by atoms with Gasteiger partial charge in [0.15, 0.2) is 0 Å². The van der Waals surface area contributed by atoms with E-state index in [-0.39, 0.29) is 24.8 Å². The van der Waals surface area contributed by atoms with Gasteiger partial charge in [0.2, 0.25) is 0 Å². The van der Waals surface area contributed by atoms with Crippen molar-refractivity contribution in [2.45, 2.75) is 39.0 Å². The van der Waals surface area contributed by atoms with Crippen LogP contribution in [0.4, 0.5) is 4.79 Å². The van der Waals surface area contributed by atoms with E-state index in [4.69, 9.17) is 13.8 Å². The molecule has 1 aromatic rings. The van der Waals surface area contributed by atoms with Gasteiger partial charge in [-0.25, -0.2) is 9.36 Å². The second-order valence-electron chi connectivity index (χ2n) is 6.09. The summed E-state index contributed by atoms with van der Waals surface area (Å²) in [6.07, 6.45) is 0.409.